The van der Waals surface area contributed by atoms with Gasteiger partial charge in [0.25, 0.3) is 0 Å². The summed E-state index contributed by atoms with van der Waals surface area (Å²) in [6, 6.07) is 0. The van der Waals surface area contributed by atoms with Crippen LogP contribution in [0.1, 0.15) is 226 Å². The maximum Gasteiger partial charge on any atom is 0.306 e. The second-order valence-corrected chi connectivity index (χ2v) is 16.6. The summed E-state index contributed by atoms with van der Waals surface area (Å²) in [4.78, 5) is 25.2. The third-order valence-electron chi connectivity index (χ3n) is 11.2. The van der Waals surface area contributed by atoms with Gasteiger partial charge < -0.3 is 39.4 Å². The van der Waals surface area contributed by atoms with Crippen LogP contribution in [0.5, 0.6) is 0 Å². The Hall–Kier alpha value is -1.30. The third-order valence-corrected chi connectivity index (χ3v) is 11.2. The minimum absolute atomic E-state index is 0.209. The van der Waals surface area contributed by atoms with Crippen molar-refractivity contribution in [1.29, 1.82) is 0 Å². The maximum absolute atomic E-state index is 12.7. The van der Waals surface area contributed by atoms with E-state index < -0.39 is 49.4 Å². The summed E-state index contributed by atoms with van der Waals surface area (Å²) in [5.41, 5.74) is 0. The lowest BCUT2D eigenvalue weighted by Crippen LogP contribution is -2.59. The molecule has 1 aliphatic heterocycles. The van der Waals surface area contributed by atoms with E-state index in [0.717, 1.165) is 38.5 Å². The van der Waals surface area contributed by atoms with Crippen molar-refractivity contribution in [3.8, 4) is 0 Å². The molecule has 0 aromatic carbocycles. The summed E-state index contributed by atoms with van der Waals surface area (Å²) in [5.74, 6) is -0.794. The van der Waals surface area contributed by atoms with Gasteiger partial charge in [0.15, 0.2) is 12.4 Å². The van der Waals surface area contributed by atoms with Gasteiger partial charge in [-0.25, -0.2) is 0 Å². The minimum Gasteiger partial charge on any atom is -0.462 e. The molecule has 0 radical (unpaired) electrons. The van der Waals surface area contributed by atoms with Crippen LogP contribution in [0.25, 0.3) is 0 Å². The second-order valence-electron chi connectivity index (χ2n) is 16.6. The van der Waals surface area contributed by atoms with Crippen LogP contribution in [0.2, 0.25) is 0 Å². The maximum atomic E-state index is 12.7. The number of carbonyl (C=O) groups is 2. The first-order valence-electron chi connectivity index (χ1n) is 23.6. The van der Waals surface area contributed by atoms with E-state index in [1.807, 2.05) is 0 Å². The average molecular weight is 801 g/mol. The van der Waals surface area contributed by atoms with E-state index in [2.05, 4.69) is 13.8 Å². The third kappa shape index (κ3) is 29.0. The second kappa shape index (κ2) is 37.9. The van der Waals surface area contributed by atoms with Crippen LogP contribution in [0, 0.1) is 0 Å². The van der Waals surface area contributed by atoms with Crippen molar-refractivity contribution in [3.05, 3.63) is 0 Å². The molecule has 0 bridgehead atoms. The molecular weight excluding hydrogens is 712 g/mol. The predicted molar refractivity (Wildman–Crippen MR) is 224 cm³/mol. The minimum atomic E-state index is -1.59. The first-order chi connectivity index (χ1) is 27.3. The zero-order valence-electron chi connectivity index (χ0n) is 36.2. The van der Waals surface area contributed by atoms with Crippen LogP contribution >= 0.6 is 0 Å². The van der Waals surface area contributed by atoms with Crippen molar-refractivity contribution in [1.82, 2.24) is 0 Å². The molecular formula is C46H88O10. The van der Waals surface area contributed by atoms with Crippen LogP contribution in [0.4, 0.5) is 0 Å². The van der Waals surface area contributed by atoms with Crippen LogP contribution in [0.3, 0.4) is 0 Å². The zero-order chi connectivity index (χ0) is 40.9. The van der Waals surface area contributed by atoms with E-state index in [1.165, 1.54) is 154 Å². The van der Waals surface area contributed by atoms with Crippen LogP contribution < -0.4 is 0 Å². The summed E-state index contributed by atoms with van der Waals surface area (Å²) < 4.78 is 22.1. The van der Waals surface area contributed by atoms with Gasteiger partial charge in [-0.1, -0.05) is 200 Å². The highest BCUT2D eigenvalue weighted by Gasteiger charge is 2.44. The molecule has 1 aliphatic rings. The Bertz CT molecular complexity index is 886. The van der Waals surface area contributed by atoms with E-state index in [0.29, 0.717) is 6.42 Å². The molecule has 0 aromatic heterocycles. The van der Waals surface area contributed by atoms with Gasteiger partial charge in [0, 0.05) is 12.8 Å². The Morgan fingerprint density at radius 2 is 0.839 bits per heavy atom. The van der Waals surface area contributed by atoms with Gasteiger partial charge in [0.2, 0.25) is 0 Å². The van der Waals surface area contributed by atoms with Crippen molar-refractivity contribution in [2.75, 3.05) is 19.8 Å². The van der Waals surface area contributed by atoms with Crippen molar-refractivity contribution in [2.24, 2.45) is 0 Å². The van der Waals surface area contributed by atoms with Crippen molar-refractivity contribution >= 4 is 11.9 Å². The molecule has 10 heteroatoms. The Morgan fingerprint density at radius 3 is 1.21 bits per heavy atom. The normalized spacial score (nSPS) is 20.3. The quantitative estimate of drug-likeness (QED) is 0.0348. The molecule has 0 aromatic rings. The van der Waals surface area contributed by atoms with E-state index in [4.69, 9.17) is 18.9 Å². The smallest absolute Gasteiger partial charge is 0.306 e. The molecule has 10 nitrogen and oxygen atoms in total. The lowest BCUT2D eigenvalue weighted by molar-refractivity contribution is -0.305. The molecule has 1 rings (SSSR count). The molecule has 1 fully saturated rings. The Kier molecular flexibility index (Phi) is 35.7. The van der Waals surface area contributed by atoms with Gasteiger partial charge in [0.05, 0.1) is 13.2 Å². The van der Waals surface area contributed by atoms with E-state index in [-0.39, 0.29) is 32.0 Å². The molecule has 56 heavy (non-hydrogen) atoms. The van der Waals surface area contributed by atoms with Crippen LogP contribution in [0.15, 0.2) is 0 Å². The molecule has 2 unspecified atom stereocenters. The summed E-state index contributed by atoms with van der Waals surface area (Å²) >= 11 is 0. The average Bonchev–Trinajstić information content (AvgIpc) is 3.19. The van der Waals surface area contributed by atoms with Crippen molar-refractivity contribution < 1.29 is 49.0 Å². The predicted octanol–water partition coefficient (Wildman–Crippen LogP) is 10.2. The Labute approximate surface area is 342 Å². The highest BCUT2D eigenvalue weighted by Crippen LogP contribution is 2.23. The molecule has 332 valence electrons. The topological polar surface area (TPSA) is 152 Å². The monoisotopic (exact) mass is 801 g/mol. The van der Waals surface area contributed by atoms with Gasteiger partial charge in [-0.05, 0) is 12.8 Å². The van der Waals surface area contributed by atoms with Crippen LogP contribution in [-0.2, 0) is 28.5 Å². The first kappa shape index (κ1) is 52.7. The number of rotatable bonds is 40. The fraction of sp³-hybridized carbons (Fsp3) is 0.957. The summed E-state index contributed by atoms with van der Waals surface area (Å²) in [6.07, 6.45) is 31.3. The van der Waals surface area contributed by atoms with Gasteiger partial charge in [-0.2, -0.15) is 0 Å². The number of unbranched alkanes of at least 4 members (excludes halogenated alkanes) is 29. The van der Waals surface area contributed by atoms with Gasteiger partial charge in [-0.3, -0.25) is 9.59 Å². The fourth-order valence-corrected chi connectivity index (χ4v) is 7.48. The fourth-order valence-electron chi connectivity index (χ4n) is 7.48. The van der Waals surface area contributed by atoms with E-state index in [9.17, 15) is 30.0 Å². The van der Waals surface area contributed by atoms with Gasteiger partial charge >= 0.3 is 11.9 Å². The number of esters is 2. The van der Waals surface area contributed by atoms with Crippen LogP contribution in [-0.4, -0.2) is 89.0 Å². The summed E-state index contributed by atoms with van der Waals surface area (Å²) in [6.45, 7) is 3.43. The SMILES string of the molecule is CCCCCCCCCCCCCCCCCCCCCCCCC(=O)OC[C@@H](CO[C@H]1O[C@@H](CO)[C@@H](O)C(O)C1O)OC(=O)CCCCCCCCCCC. The standard InChI is InChI=1S/C46H88O10/c1-3-5-7-9-11-13-14-15-16-17-18-19-20-21-22-23-24-25-27-28-30-32-34-41(48)53-37-39(38-54-46-45(52)44(51)43(50)40(36-47)56-46)55-42(49)35-33-31-29-26-12-10-8-6-4-2/h39-40,43-47,50-52H,3-38H2,1-2H3/t39-,40-,43+,44?,45?,46-/m0/s1. The summed E-state index contributed by atoms with van der Waals surface area (Å²) in [5, 5.41) is 40.0. The number of carbonyl (C=O) groups excluding carboxylic acids is 2. The number of aliphatic hydroxyl groups excluding tert-OH is 4. The molecule has 0 aliphatic carbocycles. The van der Waals surface area contributed by atoms with Crippen molar-refractivity contribution in [2.45, 2.75) is 263 Å². The molecule has 0 saturated carbocycles. The zero-order valence-corrected chi connectivity index (χ0v) is 36.2. The molecule has 0 spiro atoms. The number of hydrogen-bond donors (Lipinski definition) is 4. The lowest BCUT2D eigenvalue weighted by atomic mass is 9.99. The Morgan fingerprint density at radius 1 is 0.482 bits per heavy atom. The van der Waals surface area contributed by atoms with E-state index >= 15 is 0 Å². The first-order valence-corrected chi connectivity index (χ1v) is 23.6. The highest BCUT2D eigenvalue weighted by atomic mass is 16.7. The van der Waals surface area contributed by atoms with E-state index in [1.54, 1.807) is 0 Å². The molecule has 6 atom stereocenters. The highest BCUT2D eigenvalue weighted by molar-refractivity contribution is 5.70. The number of aliphatic hydroxyl groups is 4. The van der Waals surface area contributed by atoms with Gasteiger partial charge in [0.1, 0.15) is 31.0 Å². The molecule has 1 saturated heterocycles. The lowest BCUT2D eigenvalue weighted by Gasteiger charge is -2.39. The molecule has 4 N–H and O–H groups in total. The largest absolute Gasteiger partial charge is 0.462 e. The molecule has 0 amide bonds. The van der Waals surface area contributed by atoms with Crippen molar-refractivity contribution in [3.63, 3.8) is 0 Å². The van der Waals surface area contributed by atoms with Gasteiger partial charge in [-0.15, -0.1) is 0 Å². The molecule has 1 heterocycles. The summed E-state index contributed by atoms with van der Waals surface area (Å²) in [7, 11) is 0. The Balaban J connectivity index is 2.19. The number of ether oxygens (including phenoxy) is 4. The number of hydrogen-bond acceptors (Lipinski definition) is 10.